The van der Waals surface area contributed by atoms with Gasteiger partial charge in [-0.05, 0) is 96.0 Å². The highest BCUT2D eigenvalue weighted by Gasteiger charge is 2.28. The van der Waals surface area contributed by atoms with E-state index < -0.39 is 0 Å². The molecule has 0 saturated carbocycles. The van der Waals surface area contributed by atoms with Crippen molar-refractivity contribution in [3.05, 3.63) is 126 Å². The lowest BCUT2D eigenvalue weighted by Gasteiger charge is -2.33. The van der Waals surface area contributed by atoms with Gasteiger partial charge in [-0.25, -0.2) is 0 Å². The topological polar surface area (TPSA) is 58.2 Å². The van der Waals surface area contributed by atoms with E-state index in [1.807, 2.05) is 12.1 Å². The largest absolute Gasteiger partial charge is 0.383 e. The van der Waals surface area contributed by atoms with Crippen LogP contribution in [0.1, 0.15) is 45.2 Å². The zero-order valence-electron chi connectivity index (χ0n) is 29.2. The zero-order valence-corrected chi connectivity index (χ0v) is 32.2. The number of nitrogens with zero attached hydrogens (tertiary/aromatic N) is 2. The first-order valence-electron chi connectivity index (χ1n) is 17.5. The van der Waals surface area contributed by atoms with Crippen molar-refractivity contribution in [3.8, 4) is 0 Å². The Balaban J connectivity index is 0.836. The maximum Gasteiger partial charge on any atom is 0.0701 e. The Labute approximate surface area is 322 Å². The predicted octanol–water partition coefficient (Wildman–Crippen LogP) is 9.03. The fourth-order valence-electron chi connectivity index (χ4n) is 7.07. The van der Waals surface area contributed by atoms with Crippen LogP contribution in [0.15, 0.2) is 72.8 Å². The SMILES string of the molecule is CN1Cc2c(Cl)cc(Cl)cc2C(c2cccc(NCCOCCOCCOCCNc3cccc(C4CN(C)Cc5c(Cl)cc(Cl)cc54)c3)c2)C1. The van der Waals surface area contributed by atoms with Crippen molar-refractivity contribution in [2.45, 2.75) is 24.9 Å². The van der Waals surface area contributed by atoms with Gasteiger partial charge in [-0.1, -0.05) is 70.7 Å². The van der Waals surface area contributed by atoms with Crippen molar-refractivity contribution in [1.82, 2.24) is 9.80 Å². The smallest absolute Gasteiger partial charge is 0.0701 e. The standard InChI is InChI=1S/C40H46Cl4N4O3/c1-47-23-35(33-19-29(41)21-39(43)37(33)25-47)27-5-3-7-31(17-27)45-9-11-49-13-15-51-16-14-50-12-10-46-32-8-4-6-28(18-32)36-24-48(2)26-38-34(36)20-30(42)22-40(38)44/h3-8,17-22,35-36,45-46H,9-16,23-26H2,1-2H3. The second-order valence-electron chi connectivity index (χ2n) is 13.4. The first-order chi connectivity index (χ1) is 24.7. The third kappa shape index (κ3) is 10.3. The molecule has 7 nitrogen and oxygen atoms in total. The summed E-state index contributed by atoms with van der Waals surface area (Å²) in [5.41, 5.74) is 9.33. The Morgan fingerprint density at radius 1 is 0.569 bits per heavy atom. The third-order valence-electron chi connectivity index (χ3n) is 9.46. The molecule has 2 N–H and O–H groups in total. The van der Waals surface area contributed by atoms with Gasteiger partial charge in [0.05, 0.1) is 39.6 Å². The quantitative estimate of drug-likeness (QED) is 0.110. The lowest BCUT2D eigenvalue weighted by Crippen LogP contribution is -2.31. The van der Waals surface area contributed by atoms with Crippen LogP contribution < -0.4 is 10.6 Å². The summed E-state index contributed by atoms with van der Waals surface area (Å²) in [6, 6.07) is 24.9. The molecule has 4 aromatic carbocycles. The molecule has 0 aliphatic carbocycles. The first kappa shape index (κ1) is 38.2. The van der Waals surface area contributed by atoms with Crippen LogP contribution in [0.5, 0.6) is 0 Å². The van der Waals surface area contributed by atoms with Crippen molar-refractivity contribution in [2.75, 3.05) is 90.5 Å². The molecule has 4 aromatic rings. The number of benzene rings is 4. The Hall–Kier alpha value is -2.56. The number of nitrogens with one attached hydrogen (secondary N) is 2. The highest BCUT2D eigenvalue weighted by atomic mass is 35.5. The average molecular weight is 773 g/mol. The molecule has 2 aliphatic rings. The van der Waals surface area contributed by atoms with Crippen LogP contribution in [-0.4, -0.2) is 89.7 Å². The maximum absolute atomic E-state index is 6.56. The van der Waals surface area contributed by atoms with E-state index in [4.69, 9.17) is 60.6 Å². The van der Waals surface area contributed by atoms with Gasteiger partial charge < -0.3 is 34.6 Å². The van der Waals surface area contributed by atoms with E-state index in [9.17, 15) is 0 Å². The number of halogens is 4. The van der Waals surface area contributed by atoms with Gasteiger partial charge >= 0.3 is 0 Å². The molecule has 2 atom stereocenters. The lowest BCUT2D eigenvalue weighted by atomic mass is 9.84. The fourth-order valence-corrected chi connectivity index (χ4v) is 8.21. The molecule has 51 heavy (non-hydrogen) atoms. The number of hydrogen-bond acceptors (Lipinski definition) is 7. The number of rotatable bonds is 16. The van der Waals surface area contributed by atoms with Gasteiger partial charge in [0, 0.05) is 82.6 Å². The molecule has 0 aromatic heterocycles. The van der Waals surface area contributed by atoms with Crippen LogP contribution in [0.2, 0.25) is 20.1 Å². The summed E-state index contributed by atoms with van der Waals surface area (Å²) in [5, 5.41) is 9.79. The molecule has 0 amide bonds. The Kier molecular flexibility index (Phi) is 13.8. The normalized spacial score (nSPS) is 17.6. The van der Waals surface area contributed by atoms with Gasteiger partial charge in [-0.3, -0.25) is 0 Å². The molecule has 0 radical (unpaired) electrons. The van der Waals surface area contributed by atoms with Crippen LogP contribution in [0.3, 0.4) is 0 Å². The summed E-state index contributed by atoms with van der Waals surface area (Å²) in [6.45, 7) is 8.17. The first-order valence-corrected chi connectivity index (χ1v) is 19.0. The summed E-state index contributed by atoms with van der Waals surface area (Å²) < 4.78 is 17.3. The van der Waals surface area contributed by atoms with Gasteiger partial charge in [0.15, 0.2) is 0 Å². The van der Waals surface area contributed by atoms with Crippen molar-refractivity contribution >= 4 is 57.8 Å². The maximum atomic E-state index is 6.56. The second kappa shape index (κ2) is 18.5. The van der Waals surface area contributed by atoms with Gasteiger partial charge in [0.1, 0.15) is 0 Å². The minimum absolute atomic E-state index is 0.206. The summed E-state index contributed by atoms with van der Waals surface area (Å²) >= 11 is 25.9. The number of hydrogen-bond donors (Lipinski definition) is 2. The van der Waals surface area contributed by atoms with Crippen LogP contribution in [-0.2, 0) is 27.3 Å². The predicted molar refractivity (Wildman–Crippen MR) is 212 cm³/mol. The summed E-state index contributed by atoms with van der Waals surface area (Å²) in [5.74, 6) is 0.411. The van der Waals surface area contributed by atoms with Gasteiger partial charge in [0.25, 0.3) is 0 Å². The molecule has 0 bridgehead atoms. The van der Waals surface area contributed by atoms with E-state index >= 15 is 0 Å². The summed E-state index contributed by atoms with van der Waals surface area (Å²) in [6.07, 6.45) is 0. The number of anilines is 2. The molecule has 11 heteroatoms. The Bertz CT molecular complexity index is 1650. The van der Waals surface area contributed by atoms with Crippen molar-refractivity contribution in [2.24, 2.45) is 0 Å². The van der Waals surface area contributed by atoms with E-state index in [2.05, 4.69) is 95.2 Å². The molecule has 2 heterocycles. The van der Waals surface area contributed by atoms with E-state index in [0.29, 0.717) is 62.8 Å². The van der Waals surface area contributed by atoms with Crippen molar-refractivity contribution < 1.29 is 14.2 Å². The van der Waals surface area contributed by atoms with E-state index in [1.54, 1.807) is 0 Å². The molecule has 0 spiro atoms. The average Bonchev–Trinajstić information content (AvgIpc) is 3.10. The van der Waals surface area contributed by atoms with Crippen molar-refractivity contribution in [1.29, 1.82) is 0 Å². The zero-order chi connectivity index (χ0) is 35.7. The number of fused-ring (bicyclic) bond motifs is 2. The minimum Gasteiger partial charge on any atom is -0.383 e. The molecule has 272 valence electrons. The summed E-state index contributed by atoms with van der Waals surface area (Å²) in [4.78, 5) is 4.61. The van der Waals surface area contributed by atoms with E-state index in [0.717, 1.165) is 58.7 Å². The van der Waals surface area contributed by atoms with Crippen LogP contribution >= 0.6 is 46.4 Å². The van der Waals surface area contributed by atoms with E-state index in [1.165, 1.54) is 22.3 Å². The number of ether oxygens (including phenoxy) is 3. The summed E-state index contributed by atoms with van der Waals surface area (Å²) in [7, 11) is 4.25. The third-order valence-corrected chi connectivity index (χ3v) is 10.6. The highest BCUT2D eigenvalue weighted by molar-refractivity contribution is 6.35. The molecular formula is C40H46Cl4N4O3. The molecule has 0 fully saturated rings. The van der Waals surface area contributed by atoms with E-state index in [-0.39, 0.29) is 11.8 Å². The fraction of sp³-hybridized carbons (Fsp3) is 0.400. The van der Waals surface area contributed by atoms with Crippen molar-refractivity contribution in [3.63, 3.8) is 0 Å². The Morgan fingerprint density at radius 3 is 1.41 bits per heavy atom. The van der Waals surface area contributed by atoms with Crippen LogP contribution in [0, 0.1) is 0 Å². The molecule has 0 saturated heterocycles. The van der Waals surface area contributed by atoms with Crippen LogP contribution in [0.4, 0.5) is 11.4 Å². The number of likely N-dealkylation sites (N-methyl/N-ethyl adjacent to an activating group) is 2. The molecule has 6 rings (SSSR count). The monoisotopic (exact) mass is 770 g/mol. The highest BCUT2D eigenvalue weighted by Crippen LogP contribution is 2.40. The lowest BCUT2D eigenvalue weighted by molar-refractivity contribution is 0.0183. The van der Waals surface area contributed by atoms with Gasteiger partial charge in [-0.2, -0.15) is 0 Å². The van der Waals surface area contributed by atoms with Crippen LogP contribution in [0.25, 0.3) is 0 Å². The minimum atomic E-state index is 0.206. The Morgan fingerprint density at radius 2 is 0.980 bits per heavy atom. The molecular weight excluding hydrogens is 726 g/mol. The molecule has 2 aliphatic heterocycles. The van der Waals surface area contributed by atoms with Gasteiger partial charge in [-0.15, -0.1) is 0 Å². The molecule has 2 unspecified atom stereocenters. The van der Waals surface area contributed by atoms with Gasteiger partial charge in [0.2, 0.25) is 0 Å². The second-order valence-corrected chi connectivity index (χ2v) is 15.0.